The second-order valence-corrected chi connectivity index (χ2v) is 17.1. The Kier molecular flexibility index (Phi) is 9.64. The highest BCUT2D eigenvalue weighted by Gasteiger charge is 2.55. The normalized spacial score (nSPS) is 19.4. The van der Waals surface area contributed by atoms with Crippen molar-refractivity contribution in [2.24, 2.45) is 16.6 Å². The van der Waals surface area contributed by atoms with Gasteiger partial charge < -0.3 is 9.47 Å². The quantitative estimate of drug-likeness (QED) is 0.238. The van der Waals surface area contributed by atoms with Crippen molar-refractivity contribution in [3.8, 4) is 0 Å². The standard InChI is InChI=1S/C32H53ClNO2P/c1-16-35-28(33)26(20(3)4)37(27(21(5)6)29(37)36-17-2)34-25-23(31(10,11)12)18-22(30(7,8)9)19-24(25)32(13,14)15/h18-21H,16-17H2,1-15H3/b28-26-. The van der Waals surface area contributed by atoms with E-state index in [0.29, 0.717) is 24.4 Å². The maximum atomic E-state index is 6.96. The molecule has 37 heavy (non-hydrogen) atoms. The van der Waals surface area contributed by atoms with Crippen molar-refractivity contribution < 1.29 is 9.47 Å². The Morgan fingerprint density at radius 2 is 1.32 bits per heavy atom. The number of nitrogens with zero attached hydrogens (tertiary/aromatic N) is 1. The number of rotatable bonds is 8. The van der Waals surface area contributed by atoms with Gasteiger partial charge in [0, 0.05) is 10.6 Å². The topological polar surface area (TPSA) is 30.8 Å². The molecule has 1 unspecified atom stereocenters. The van der Waals surface area contributed by atoms with Crippen LogP contribution in [0.15, 0.2) is 38.2 Å². The molecule has 1 aliphatic rings. The van der Waals surface area contributed by atoms with Gasteiger partial charge in [0.25, 0.3) is 0 Å². The molecule has 0 fully saturated rings. The predicted molar refractivity (Wildman–Crippen MR) is 164 cm³/mol. The Labute approximate surface area is 233 Å². The van der Waals surface area contributed by atoms with Crippen LogP contribution in [0.4, 0.5) is 5.69 Å². The molecule has 1 aliphatic heterocycles. The van der Waals surface area contributed by atoms with Crippen molar-refractivity contribution in [2.75, 3.05) is 13.2 Å². The summed E-state index contributed by atoms with van der Waals surface area (Å²) < 4.78 is 18.2. The number of ether oxygens (including phenoxy) is 2. The Morgan fingerprint density at radius 1 is 0.838 bits per heavy atom. The summed E-state index contributed by atoms with van der Waals surface area (Å²) in [6.07, 6.45) is 0. The molecule has 0 aliphatic carbocycles. The van der Waals surface area contributed by atoms with Gasteiger partial charge in [-0.2, -0.15) is 0 Å². The maximum Gasteiger partial charge on any atom is 0.192 e. The Hall–Kier alpha value is -1.18. The molecule has 2 rings (SSSR count). The highest BCUT2D eigenvalue weighted by molar-refractivity contribution is 7.85. The van der Waals surface area contributed by atoms with Crippen LogP contribution < -0.4 is 0 Å². The van der Waals surface area contributed by atoms with Crippen LogP contribution in [0.25, 0.3) is 0 Å². The molecule has 1 aromatic carbocycles. The van der Waals surface area contributed by atoms with Crippen molar-refractivity contribution >= 4 is 24.3 Å². The first-order chi connectivity index (χ1) is 16.7. The number of hydrogen-bond donors (Lipinski definition) is 0. The average molecular weight is 550 g/mol. The molecule has 0 spiro atoms. The zero-order chi connectivity index (χ0) is 28.7. The third-order valence-corrected chi connectivity index (χ3v) is 11.4. The van der Waals surface area contributed by atoms with E-state index >= 15 is 0 Å². The van der Waals surface area contributed by atoms with Crippen molar-refractivity contribution in [1.82, 2.24) is 0 Å². The molecule has 1 heterocycles. The molecule has 3 nitrogen and oxygen atoms in total. The fraction of sp³-hybridized carbons (Fsp3) is 0.688. The first-order valence-corrected chi connectivity index (χ1v) is 16.1. The summed E-state index contributed by atoms with van der Waals surface area (Å²) in [6.45, 7) is 34.7. The molecule has 1 aromatic rings. The van der Waals surface area contributed by atoms with Gasteiger partial charge in [-0.1, -0.05) is 102 Å². The summed E-state index contributed by atoms with van der Waals surface area (Å²) in [6, 6.07) is 4.79. The molecule has 0 saturated heterocycles. The van der Waals surface area contributed by atoms with Crippen molar-refractivity contribution in [1.29, 1.82) is 0 Å². The van der Waals surface area contributed by atoms with Gasteiger partial charge in [0.1, 0.15) is 5.50 Å². The molecule has 5 heteroatoms. The zero-order valence-electron chi connectivity index (χ0n) is 26.3. The maximum absolute atomic E-state index is 6.96. The molecule has 0 bridgehead atoms. The third kappa shape index (κ3) is 6.52. The summed E-state index contributed by atoms with van der Waals surface area (Å²) in [5.41, 5.74) is 5.92. The minimum absolute atomic E-state index is 0.0318. The zero-order valence-corrected chi connectivity index (χ0v) is 28.0. The first kappa shape index (κ1) is 32.0. The van der Waals surface area contributed by atoms with Crippen LogP contribution in [0.2, 0.25) is 0 Å². The van der Waals surface area contributed by atoms with Crippen LogP contribution in [0.5, 0.6) is 0 Å². The van der Waals surface area contributed by atoms with E-state index in [-0.39, 0.29) is 22.2 Å². The van der Waals surface area contributed by atoms with Gasteiger partial charge >= 0.3 is 0 Å². The van der Waals surface area contributed by atoms with Crippen LogP contribution in [0, 0.1) is 11.8 Å². The molecule has 0 saturated carbocycles. The van der Waals surface area contributed by atoms with Crippen LogP contribution in [-0.4, -0.2) is 13.2 Å². The lowest BCUT2D eigenvalue weighted by Crippen LogP contribution is -2.21. The van der Waals surface area contributed by atoms with E-state index in [1.807, 2.05) is 6.92 Å². The largest absolute Gasteiger partial charge is 0.491 e. The Morgan fingerprint density at radius 3 is 1.65 bits per heavy atom. The molecule has 0 amide bonds. The summed E-state index contributed by atoms with van der Waals surface area (Å²) in [5, 5.41) is 2.90. The van der Waals surface area contributed by atoms with Crippen LogP contribution in [0.1, 0.15) is 121 Å². The predicted octanol–water partition coefficient (Wildman–Crippen LogP) is 11.4. The summed E-state index contributed by atoms with van der Waals surface area (Å²) in [5.74, 6) is 0.483. The lowest BCUT2D eigenvalue weighted by Gasteiger charge is -2.33. The number of benzene rings is 1. The monoisotopic (exact) mass is 549 g/mol. The molecule has 0 aromatic heterocycles. The number of hydrogen-bond acceptors (Lipinski definition) is 3. The fourth-order valence-electron chi connectivity index (χ4n) is 4.95. The lowest BCUT2D eigenvalue weighted by atomic mass is 9.74. The summed E-state index contributed by atoms with van der Waals surface area (Å²) >= 11 is 6.96. The fourth-order valence-corrected chi connectivity index (χ4v) is 10.1. The van der Waals surface area contributed by atoms with Crippen LogP contribution in [-0.2, 0) is 25.7 Å². The minimum Gasteiger partial charge on any atom is -0.491 e. The number of halogens is 1. The van der Waals surface area contributed by atoms with Gasteiger partial charge in [0.05, 0.1) is 26.0 Å². The van der Waals surface area contributed by atoms with E-state index in [9.17, 15) is 0 Å². The molecular weight excluding hydrogens is 497 g/mol. The van der Waals surface area contributed by atoms with Gasteiger partial charge in [-0.3, -0.25) is 4.74 Å². The van der Waals surface area contributed by atoms with Gasteiger partial charge in [-0.25, -0.2) is 0 Å². The van der Waals surface area contributed by atoms with E-state index in [1.54, 1.807) is 0 Å². The Bertz CT molecular complexity index is 1080. The lowest BCUT2D eigenvalue weighted by molar-refractivity contribution is 0.250. The second kappa shape index (κ2) is 11.1. The van der Waals surface area contributed by atoms with E-state index in [4.69, 9.17) is 25.8 Å². The van der Waals surface area contributed by atoms with Crippen LogP contribution >= 0.6 is 18.7 Å². The van der Waals surface area contributed by atoms with Gasteiger partial charge in [-0.15, -0.1) is 0 Å². The van der Waals surface area contributed by atoms with E-state index in [2.05, 4.69) is 109 Å². The molecule has 210 valence electrons. The second-order valence-electron chi connectivity index (χ2n) is 13.9. The highest BCUT2D eigenvalue weighted by Crippen LogP contribution is 2.88. The molecule has 0 radical (unpaired) electrons. The third-order valence-electron chi connectivity index (χ3n) is 6.85. The molecule has 0 N–H and O–H groups in total. The highest BCUT2D eigenvalue weighted by atomic mass is 35.5. The molecule has 1 atom stereocenters. The van der Waals surface area contributed by atoms with Gasteiger partial charge in [0.2, 0.25) is 0 Å². The summed E-state index contributed by atoms with van der Waals surface area (Å²) in [7, 11) is -2.35. The molecular formula is C32H53ClNO2P. The first-order valence-electron chi connectivity index (χ1n) is 14.0. The summed E-state index contributed by atoms with van der Waals surface area (Å²) in [4.78, 5) is 0. The van der Waals surface area contributed by atoms with E-state index in [0.717, 1.165) is 16.5 Å². The van der Waals surface area contributed by atoms with E-state index in [1.165, 1.54) is 22.0 Å². The van der Waals surface area contributed by atoms with Crippen molar-refractivity contribution in [2.45, 2.75) is 120 Å². The van der Waals surface area contributed by atoms with Gasteiger partial charge in [-0.05, 0) is 70.2 Å². The van der Waals surface area contributed by atoms with Crippen molar-refractivity contribution in [3.63, 3.8) is 0 Å². The average Bonchev–Trinajstić information content (AvgIpc) is 3.32. The smallest absolute Gasteiger partial charge is 0.192 e. The van der Waals surface area contributed by atoms with E-state index < -0.39 is 7.05 Å². The Balaban J connectivity index is 3.21. The van der Waals surface area contributed by atoms with Crippen LogP contribution in [0.3, 0.4) is 0 Å². The van der Waals surface area contributed by atoms with Crippen molar-refractivity contribution in [3.05, 3.63) is 50.2 Å². The van der Waals surface area contributed by atoms with Gasteiger partial charge in [0.15, 0.2) is 5.22 Å². The minimum atomic E-state index is -2.35. The SMILES string of the molecule is CCOC1=C(C(C)C)P1(=Nc1c(C(C)(C)C)cc(C(C)(C)C)cc1C(C)(C)C)/C(=C(/Cl)OCC)C(C)C. The number of allylic oxidation sites excluding steroid dienone is 2.